The Labute approximate surface area is 212 Å². The Bertz CT molecular complexity index is 1390. The Balaban J connectivity index is 1.30. The van der Waals surface area contributed by atoms with Crippen LogP contribution in [-0.2, 0) is 13.0 Å². The van der Waals surface area contributed by atoms with Crippen LogP contribution in [0.5, 0.6) is 5.75 Å². The van der Waals surface area contributed by atoms with Crippen molar-refractivity contribution < 1.29 is 14.3 Å². The van der Waals surface area contributed by atoms with Crippen LogP contribution in [0.2, 0.25) is 0 Å². The predicted octanol–water partition coefficient (Wildman–Crippen LogP) is 4.87. The van der Waals surface area contributed by atoms with Gasteiger partial charge in [-0.2, -0.15) is 0 Å². The number of fused-ring (bicyclic) bond motifs is 3. The molecule has 3 aliphatic rings. The number of hydrogen-bond acceptors (Lipinski definition) is 5. The van der Waals surface area contributed by atoms with E-state index in [1.54, 1.807) is 0 Å². The average Bonchev–Trinajstić information content (AvgIpc) is 2.89. The molecule has 1 fully saturated rings. The van der Waals surface area contributed by atoms with Gasteiger partial charge in [-0.25, -0.2) is 0 Å². The number of pyridine rings is 1. The number of aryl methyl sites for hydroxylation is 1. The van der Waals surface area contributed by atoms with Crippen LogP contribution in [0.25, 0.3) is 10.9 Å². The summed E-state index contributed by atoms with van der Waals surface area (Å²) < 4.78 is 6.59. The molecule has 6 rings (SSSR count). The van der Waals surface area contributed by atoms with Crippen molar-refractivity contribution in [3.8, 4) is 5.75 Å². The standard InChI is InChI=1S/C30H33N3O3/c1-4-32-14-11-25-23(18-32)27(21-7-5-6-8-24(21)31-25)29(35)33-15-12-30(13-16-33)17-26(34)22-10-9-19(2)20(3)28(22)36-30/h5-10H,4,11-18H2,1-3H3. The lowest BCUT2D eigenvalue weighted by Gasteiger charge is -2.44. The monoisotopic (exact) mass is 483 g/mol. The van der Waals surface area contributed by atoms with E-state index in [4.69, 9.17) is 9.72 Å². The minimum absolute atomic E-state index is 0.0761. The van der Waals surface area contributed by atoms with Crippen LogP contribution >= 0.6 is 0 Å². The van der Waals surface area contributed by atoms with Crippen LogP contribution in [0.15, 0.2) is 36.4 Å². The fourth-order valence-electron chi connectivity index (χ4n) is 6.10. The van der Waals surface area contributed by atoms with Crippen molar-refractivity contribution in [3.05, 3.63) is 69.9 Å². The third kappa shape index (κ3) is 3.70. The molecule has 0 saturated carbocycles. The normalized spacial score (nSPS) is 19.2. The third-order valence-electron chi connectivity index (χ3n) is 8.53. The lowest BCUT2D eigenvalue weighted by atomic mass is 9.81. The van der Waals surface area contributed by atoms with Gasteiger partial charge in [0.05, 0.1) is 23.1 Å². The second-order valence-electron chi connectivity index (χ2n) is 10.6. The van der Waals surface area contributed by atoms with Crippen LogP contribution < -0.4 is 4.74 Å². The first-order chi connectivity index (χ1) is 17.4. The number of amides is 1. The Hall–Kier alpha value is -3.25. The van der Waals surface area contributed by atoms with Crippen molar-refractivity contribution in [2.75, 3.05) is 26.2 Å². The minimum Gasteiger partial charge on any atom is -0.486 e. The van der Waals surface area contributed by atoms with E-state index in [1.165, 1.54) is 0 Å². The van der Waals surface area contributed by atoms with Crippen LogP contribution in [0.1, 0.15) is 69.3 Å². The number of likely N-dealkylation sites (tertiary alicyclic amines) is 1. The van der Waals surface area contributed by atoms with Gasteiger partial charge in [0.2, 0.25) is 0 Å². The second-order valence-corrected chi connectivity index (χ2v) is 10.6. The van der Waals surface area contributed by atoms with E-state index >= 15 is 0 Å². The van der Waals surface area contributed by atoms with E-state index in [0.717, 1.165) is 70.7 Å². The molecule has 1 amide bonds. The number of hydrogen-bond donors (Lipinski definition) is 0. The number of nitrogens with zero attached hydrogens (tertiary/aromatic N) is 3. The number of benzene rings is 2. The number of aromatic nitrogens is 1. The van der Waals surface area contributed by atoms with Gasteiger partial charge in [0.1, 0.15) is 11.4 Å². The maximum Gasteiger partial charge on any atom is 0.254 e. The molecule has 2 aromatic carbocycles. The summed E-state index contributed by atoms with van der Waals surface area (Å²) in [6.07, 6.45) is 2.56. The van der Waals surface area contributed by atoms with Gasteiger partial charge in [-0.05, 0) is 43.7 Å². The van der Waals surface area contributed by atoms with E-state index in [-0.39, 0.29) is 11.7 Å². The number of carbonyl (C=O) groups is 2. The number of carbonyl (C=O) groups excluding carboxylic acids is 2. The summed E-state index contributed by atoms with van der Waals surface area (Å²) >= 11 is 0. The first-order valence-corrected chi connectivity index (χ1v) is 13.1. The van der Waals surface area contributed by atoms with Crippen molar-refractivity contribution in [1.29, 1.82) is 0 Å². The van der Waals surface area contributed by atoms with Gasteiger partial charge < -0.3 is 9.64 Å². The largest absolute Gasteiger partial charge is 0.486 e. The molecule has 1 spiro atoms. The Morgan fingerprint density at radius 1 is 1.08 bits per heavy atom. The van der Waals surface area contributed by atoms with Crippen molar-refractivity contribution in [1.82, 2.24) is 14.8 Å². The molecule has 1 saturated heterocycles. The first-order valence-electron chi connectivity index (χ1n) is 13.1. The van der Waals surface area contributed by atoms with Gasteiger partial charge in [-0.3, -0.25) is 19.5 Å². The van der Waals surface area contributed by atoms with Crippen molar-refractivity contribution >= 4 is 22.6 Å². The molecule has 0 radical (unpaired) electrons. The zero-order chi connectivity index (χ0) is 25.0. The predicted molar refractivity (Wildman–Crippen MR) is 140 cm³/mol. The summed E-state index contributed by atoms with van der Waals surface area (Å²) in [5.74, 6) is 0.958. The van der Waals surface area contributed by atoms with Gasteiger partial charge in [0, 0.05) is 62.1 Å². The maximum atomic E-state index is 14.1. The molecule has 186 valence electrons. The van der Waals surface area contributed by atoms with E-state index in [0.29, 0.717) is 37.9 Å². The van der Waals surface area contributed by atoms with E-state index in [9.17, 15) is 9.59 Å². The van der Waals surface area contributed by atoms with Crippen molar-refractivity contribution in [3.63, 3.8) is 0 Å². The molecule has 6 nitrogen and oxygen atoms in total. The fourth-order valence-corrected chi connectivity index (χ4v) is 6.10. The third-order valence-corrected chi connectivity index (χ3v) is 8.53. The molecule has 0 unspecified atom stereocenters. The number of piperidine rings is 1. The molecule has 3 aromatic rings. The molecule has 1 aromatic heterocycles. The smallest absolute Gasteiger partial charge is 0.254 e. The molecule has 36 heavy (non-hydrogen) atoms. The lowest BCUT2D eigenvalue weighted by molar-refractivity contribution is -0.00620. The van der Waals surface area contributed by atoms with E-state index < -0.39 is 5.60 Å². The summed E-state index contributed by atoms with van der Waals surface area (Å²) in [6.45, 7) is 10.1. The van der Waals surface area contributed by atoms with Gasteiger partial charge in [0.15, 0.2) is 5.78 Å². The number of Topliss-reactive ketones (excluding diaryl/α,β-unsaturated/α-hetero) is 1. The molecule has 0 N–H and O–H groups in total. The summed E-state index contributed by atoms with van der Waals surface area (Å²) in [5, 5.41) is 0.934. The maximum absolute atomic E-state index is 14.1. The van der Waals surface area contributed by atoms with Crippen LogP contribution in [0.3, 0.4) is 0 Å². The van der Waals surface area contributed by atoms with Crippen molar-refractivity contribution in [2.45, 2.75) is 58.6 Å². The van der Waals surface area contributed by atoms with Crippen LogP contribution in [-0.4, -0.2) is 58.3 Å². The molecule has 4 heterocycles. The molecule has 0 atom stereocenters. The lowest BCUT2D eigenvalue weighted by Crippen LogP contribution is -2.52. The second kappa shape index (κ2) is 8.70. The number of ketones is 1. The number of rotatable bonds is 2. The molecule has 0 aliphatic carbocycles. The topological polar surface area (TPSA) is 62.7 Å². The summed E-state index contributed by atoms with van der Waals surface area (Å²) in [7, 11) is 0. The molecule has 3 aliphatic heterocycles. The Morgan fingerprint density at radius 2 is 1.86 bits per heavy atom. The summed E-state index contributed by atoms with van der Waals surface area (Å²) in [5.41, 5.74) is 6.16. The summed E-state index contributed by atoms with van der Waals surface area (Å²) in [6, 6.07) is 11.9. The molecule has 0 bridgehead atoms. The van der Waals surface area contributed by atoms with Crippen LogP contribution in [0, 0.1) is 13.8 Å². The zero-order valence-electron chi connectivity index (χ0n) is 21.4. The Morgan fingerprint density at radius 3 is 2.64 bits per heavy atom. The van der Waals surface area contributed by atoms with Gasteiger partial charge in [0.25, 0.3) is 5.91 Å². The molecular weight excluding hydrogens is 450 g/mol. The highest BCUT2D eigenvalue weighted by atomic mass is 16.5. The van der Waals surface area contributed by atoms with E-state index in [1.807, 2.05) is 55.1 Å². The highest BCUT2D eigenvalue weighted by Crippen LogP contribution is 2.42. The number of ether oxygens (including phenoxy) is 1. The highest BCUT2D eigenvalue weighted by Gasteiger charge is 2.44. The average molecular weight is 484 g/mol. The highest BCUT2D eigenvalue weighted by molar-refractivity contribution is 6.08. The van der Waals surface area contributed by atoms with Gasteiger partial charge in [-0.15, -0.1) is 0 Å². The SMILES string of the molecule is CCN1CCc2nc3ccccc3c(C(=O)N3CCC4(CC3)CC(=O)c3ccc(C)c(C)c3O4)c2C1. The molecule has 6 heteroatoms. The minimum atomic E-state index is -0.530. The zero-order valence-corrected chi connectivity index (χ0v) is 21.4. The fraction of sp³-hybridized carbons (Fsp3) is 0.433. The number of para-hydroxylation sites is 1. The Kier molecular flexibility index (Phi) is 5.60. The molecular formula is C30H33N3O3. The van der Waals surface area contributed by atoms with Gasteiger partial charge >= 0.3 is 0 Å². The van der Waals surface area contributed by atoms with Crippen LogP contribution in [0.4, 0.5) is 0 Å². The van der Waals surface area contributed by atoms with Gasteiger partial charge in [-0.1, -0.05) is 31.2 Å². The quantitative estimate of drug-likeness (QED) is 0.520. The number of likely N-dealkylation sites (N-methyl/N-ethyl adjacent to an activating group) is 1. The summed E-state index contributed by atoms with van der Waals surface area (Å²) in [4.78, 5) is 36.4. The van der Waals surface area contributed by atoms with Crippen molar-refractivity contribution in [2.24, 2.45) is 0 Å². The van der Waals surface area contributed by atoms with E-state index in [2.05, 4.69) is 11.8 Å². The first kappa shape index (κ1) is 23.2.